The van der Waals surface area contributed by atoms with E-state index in [2.05, 4.69) is 0 Å². The zero-order valence-electron chi connectivity index (χ0n) is 6.56. The quantitative estimate of drug-likeness (QED) is 0.621. The summed E-state index contributed by atoms with van der Waals surface area (Å²) in [5.74, 6) is -2.62. The van der Waals surface area contributed by atoms with Crippen LogP contribution in [0, 0.1) is 17.8 Å². The van der Waals surface area contributed by atoms with Gasteiger partial charge in [-0.2, -0.15) is 0 Å². The van der Waals surface area contributed by atoms with Crippen LogP contribution in [0.15, 0.2) is 0 Å². The largest absolute Gasteiger partial charge is 0.328 e. The Morgan fingerprint density at radius 3 is 2.18 bits per heavy atom. The van der Waals surface area contributed by atoms with E-state index in [0.717, 1.165) is 0 Å². The molecule has 0 radical (unpaired) electrons. The van der Waals surface area contributed by atoms with Gasteiger partial charge in [0.15, 0.2) is 0 Å². The maximum absolute atomic E-state index is 12.6. The highest BCUT2D eigenvalue weighted by Crippen LogP contribution is 2.65. The van der Waals surface area contributed by atoms with Crippen molar-refractivity contribution in [3.8, 4) is 0 Å². The third-order valence-electron chi connectivity index (χ3n) is 3.22. The van der Waals surface area contributed by atoms with E-state index in [1.165, 1.54) is 0 Å². The van der Waals surface area contributed by atoms with Gasteiger partial charge in [-0.3, -0.25) is 0 Å². The lowest BCUT2D eigenvalue weighted by molar-refractivity contribution is 0.0619. The Kier molecular flexibility index (Phi) is 1.32. The minimum absolute atomic E-state index is 0.0959. The Hall–Kier alpha value is -0.180. The van der Waals surface area contributed by atoms with E-state index in [4.69, 9.17) is 5.73 Å². The van der Waals surface area contributed by atoms with Crippen LogP contribution in [0.25, 0.3) is 0 Å². The van der Waals surface area contributed by atoms with Gasteiger partial charge in [-0.15, -0.1) is 0 Å². The van der Waals surface area contributed by atoms with Gasteiger partial charge < -0.3 is 5.73 Å². The van der Waals surface area contributed by atoms with Crippen LogP contribution < -0.4 is 5.73 Å². The predicted molar refractivity (Wildman–Crippen MR) is 38.3 cm³/mol. The van der Waals surface area contributed by atoms with Crippen LogP contribution in [-0.4, -0.2) is 12.0 Å². The fraction of sp³-hybridized carbons (Fsp3) is 1.00. The maximum Gasteiger partial charge on any atom is 0.254 e. The summed E-state index contributed by atoms with van der Waals surface area (Å²) in [5.41, 5.74) is 5.62. The molecule has 0 aliphatic heterocycles. The van der Waals surface area contributed by atoms with Crippen LogP contribution in [0.5, 0.6) is 0 Å². The smallest absolute Gasteiger partial charge is 0.254 e. The monoisotopic (exact) mass is 161 g/mol. The zero-order valence-corrected chi connectivity index (χ0v) is 6.56. The minimum Gasteiger partial charge on any atom is -0.328 e. The number of hydrogen-bond donors (Lipinski definition) is 1. The first kappa shape index (κ1) is 7.47. The second-order valence-electron chi connectivity index (χ2n) is 3.98. The second-order valence-corrected chi connectivity index (χ2v) is 3.98. The van der Waals surface area contributed by atoms with Crippen molar-refractivity contribution in [2.45, 2.75) is 31.7 Å². The molecule has 0 saturated heterocycles. The highest BCUT2D eigenvalue weighted by Gasteiger charge is 2.71. The Labute approximate surface area is 65.0 Å². The summed E-state index contributed by atoms with van der Waals surface area (Å²) in [6, 6.07) is 0.0959. The molecular formula is C8H13F2N. The summed E-state index contributed by atoms with van der Waals surface area (Å²) >= 11 is 0. The molecule has 0 aromatic heterocycles. The molecule has 2 aliphatic carbocycles. The highest BCUT2D eigenvalue weighted by molar-refractivity contribution is 5.11. The van der Waals surface area contributed by atoms with Crippen molar-refractivity contribution in [3.63, 3.8) is 0 Å². The first-order valence-corrected chi connectivity index (χ1v) is 4.17. The summed E-state index contributed by atoms with van der Waals surface area (Å²) in [5, 5.41) is 0. The fourth-order valence-electron chi connectivity index (χ4n) is 2.28. The SMILES string of the molecule is CC(N)C1CC2C(C1)C2(F)F. The summed E-state index contributed by atoms with van der Waals surface area (Å²) in [4.78, 5) is 0. The van der Waals surface area contributed by atoms with Crippen LogP contribution in [0.3, 0.4) is 0 Å². The standard InChI is InChI=1S/C8H13F2N/c1-4(11)5-2-6-7(3-5)8(6,9)10/h4-7H,2-3,11H2,1H3. The summed E-state index contributed by atoms with van der Waals surface area (Å²) in [7, 11) is 0. The molecule has 2 aliphatic rings. The molecule has 0 aromatic rings. The highest BCUT2D eigenvalue weighted by atomic mass is 19.3. The average Bonchev–Trinajstić information content (AvgIpc) is 2.28. The third kappa shape index (κ3) is 0.901. The van der Waals surface area contributed by atoms with Crippen molar-refractivity contribution in [2.24, 2.45) is 23.5 Å². The van der Waals surface area contributed by atoms with Crippen molar-refractivity contribution in [3.05, 3.63) is 0 Å². The molecule has 0 heterocycles. The van der Waals surface area contributed by atoms with Crippen LogP contribution in [0.4, 0.5) is 8.78 Å². The van der Waals surface area contributed by atoms with E-state index in [1.807, 2.05) is 6.92 Å². The van der Waals surface area contributed by atoms with Gasteiger partial charge in [-0.1, -0.05) is 0 Å². The first-order valence-electron chi connectivity index (χ1n) is 4.17. The van der Waals surface area contributed by atoms with Crippen molar-refractivity contribution in [1.82, 2.24) is 0 Å². The van der Waals surface area contributed by atoms with Crippen molar-refractivity contribution in [1.29, 1.82) is 0 Å². The normalized spacial score (nSPS) is 48.5. The maximum atomic E-state index is 12.6. The topological polar surface area (TPSA) is 26.0 Å². The molecule has 3 heteroatoms. The van der Waals surface area contributed by atoms with Gasteiger partial charge in [-0.05, 0) is 25.7 Å². The van der Waals surface area contributed by atoms with Gasteiger partial charge in [0.1, 0.15) is 0 Å². The first-order chi connectivity index (χ1) is 5.03. The van der Waals surface area contributed by atoms with Gasteiger partial charge in [0.05, 0.1) is 0 Å². The number of fused-ring (bicyclic) bond motifs is 1. The molecule has 2 saturated carbocycles. The van der Waals surface area contributed by atoms with E-state index in [1.54, 1.807) is 0 Å². The molecule has 3 atom stereocenters. The average molecular weight is 161 g/mol. The van der Waals surface area contributed by atoms with Crippen LogP contribution >= 0.6 is 0 Å². The third-order valence-corrected chi connectivity index (χ3v) is 3.22. The Bertz CT molecular complexity index is 165. The van der Waals surface area contributed by atoms with Crippen molar-refractivity contribution >= 4 is 0 Å². The van der Waals surface area contributed by atoms with Crippen LogP contribution in [0.1, 0.15) is 19.8 Å². The van der Waals surface area contributed by atoms with E-state index in [-0.39, 0.29) is 17.9 Å². The molecule has 11 heavy (non-hydrogen) atoms. The molecule has 0 bridgehead atoms. The lowest BCUT2D eigenvalue weighted by Crippen LogP contribution is -2.27. The van der Waals surface area contributed by atoms with E-state index >= 15 is 0 Å². The number of halogens is 2. The summed E-state index contributed by atoms with van der Waals surface area (Å²) in [6.07, 6.45) is 1.30. The molecule has 1 nitrogen and oxygen atoms in total. The molecule has 64 valence electrons. The van der Waals surface area contributed by atoms with Gasteiger partial charge >= 0.3 is 0 Å². The summed E-state index contributed by atoms with van der Waals surface area (Å²) in [6.45, 7) is 1.91. The molecule has 2 N–H and O–H groups in total. The number of nitrogens with two attached hydrogens (primary N) is 1. The number of hydrogen-bond acceptors (Lipinski definition) is 1. The number of rotatable bonds is 1. The van der Waals surface area contributed by atoms with E-state index in [9.17, 15) is 8.78 Å². The Morgan fingerprint density at radius 1 is 1.36 bits per heavy atom. The van der Waals surface area contributed by atoms with Gasteiger partial charge in [0.2, 0.25) is 0 Å². The van der Waals surface area contributed by atoms with E-state index in [0.29, 0.717) is 18.8 Å². The molecular weight excluding hydrogens is 148 g/mol. The Morgan fingerprint density at radius 2 is 1.82 bits per heavy atom. The van der Waals surface area contributed by atoms with Crippen LogP contribution in [0.2, 0.25) is 0 Å². The Balaban J connectivity index is 1.95. The second kappa shape index (κ2) is 1.94. The van der Waals surface area contributed by atoms with Crippen molar-refractivity contribution < 1.29 is 8.78 Å². The predicted octanol–water partition coefficient (Wildman–Crippen LogP) is 1.62. The van der Waals surface area contributed by atoms with Crippen LogP contribution in [-0.2, 0) is 0 Å². The van der Waals surface area contributed by atoms with Crippen molar-refractivity contribution in [2.75, 3.05) is 0 Å². The zero-order chi connectivity index (χ0) is 8.22. The lowest BCUT2D eigenvalue weighted by Gasteiger charge is -2.17. The molecule has 0 aromatic carbocycles. The molecule has 0 amide bonds. The van der Waals surface area contributed by atoms with E-state index < -0.39 is 5.92 Å². The van der Waals surface area contributed by atoms with Gasteiger partial charge in [0.25, 0.3) is 5.92 Å². The number of alkyl halides is 2. The molecule has 3 unspecified atom stereocenters. The fourth-order valence-corrected chi connectivity index (χ4v) is 2.28. The summed E-state index contributed by atoms with van der Waals surface area (Å²) < 4.78 is 25.3. The van der Waals surface area contributed by atoms with Gasteiger partial charge in [0, 0.05) is 17.9 Å². The molecule has 2 rings (SSSR count). The minimum atomic E-state index is -2.33. The molecule has 0 spiro atoms. The lowest BCUT2D eigenvalue weighted by atomic mass is 9.96. The molecule has 2 fully saturated rings. The van der Waals surface area contributed by atoms with Gasteiger partial charge in [-0.25, -0.2) is 8.78 Å².